The fourth-order valence-corrected chi connectivity index (χ4v) is 4.36. The average Bonchev–Trinajstić information content (AvgIpc) is 3.31. The van der Waals surface area contributed by atoms with E-state index >= 15 is 0 Å². The zero-order valence-corrected chi connectivity index (χ0v) is 18.7. The number of benzene rings is 2. The summed E-state index contributed by atoms with van der Waals surface area (Å²) in [6.07, 6.45) is 4.46. The van der Waals surface area contributed by atoms with Gasteiger partial charge in [0.2, 0.25) is 5.43 Å². The highest BCUT2D eigenvalue weighted by atomic mass is 16.3. The van der Waals surface area contributed by atoms with Crippen molar-refractivity contribution in [3.63, 3.8) is 0 Å². The fraction of sp³-hybridized carbons (Fsp3) is 0.259. The number of aromatic nitrogens is 1. The molecule has 0 bridgehead atoms. The second-order valence-electron chi connectivity index (χ2n) is 8.81. The Kier molecular flexibility index (Phi) is 5.27. The van der Waals surface area contributed by atoms with Gasteiger partial charge in [0.15, 0.2) is 0 Å². The van der Waals surface area contributed by atoms with E-state index in [2.05, 4.69) is 60.1 Å². The van der Waals surface area contributed by atoms with Crippen molar-refractivity contribution in [3.05, 3.63) is 82.8 Å². The minimum absolute atomic E-state index is 0.0369. The Morgan fingerprint density at radius 1 is 1.00 bits per heavy atom. The summed E-state index contributed by atoms with van der Waals surface area (Å²) in [6, 6.07) is 18.6. The first-order valence-electron chi connectivity index (χ1n) is 11.0. The SMILES string of the molecule is Cc1ccc(-c2ccc3c(=O)c(-c4ccc(N5CCC(N(C)C)C5)nc4)coc3c2)cc1. The van der Waals surface area contributed by atoms with Gasteiger partial charge in [-0.2, -0.15) is 0 Å². The standard InChI is InChI=1S/C27H27N3O2/c1-18-4-6-19(7-5-18)20-8-10-23-25(14-20)32-17-24(27(23)31)21-9-11-26(28-15-21)30-13-12-22(16-30)29(2)3/h4-11,14-15,17,22H,12-13,16H2,1-3H3. The van der Waals surface area contributed by atoms with E-state index in [9.17, 15) is 4.79 Å². The van der Waals surface area contributed by atoms with Gasteiger partial charge in [-0.1, -0.05) is 35.9 Å². The van der Waals surface area contributed by atoms with E-state index in [4.69, 9.17) is 4.42 Å². The van der Waals surface area contributed by atoms with E-state index < -0.39 is 0 Å². The molecular weight excluding hydrogens is 398 g/mol. The Labute approximate surface area is 187 Å². The number of rotatable bonds is 4. The first-order chi connectivity index (χ1) is 15.5. The molecule has 1 atom stereocenters. The van der Waals surface area contributed by atoms with Crippen molar-refractivity contribution in [2.75, 3.05) is 32.1 Å². The van der Waals surface area contributed by atoms with Crippen molar-refractivity contribution in [2.45, 2.75) is 19.4 Å². The van der Waals surface area contributed by atoms with Crippen LogP contribution in [-0.2, 0) is 0 Å². The molecule has 0 N–H and O–H groups in total. The molecule has 1 unspecified atom stereocenters. The number of fused-ring (bicyclic) bond motifs is 1. The lowest BCUT2D eigenvalue weighted by Gasteiger charge is -2.21. The van der Waals surface area contributed by atoms with Crippen molar-refractivity contribution in [3.8, 4) is 22.3 Å². The third-order valence-electron chi connectivity index (χ3n) is 6.44. The summed E-state index contributed by atoms with van der Waals surface area (Å²) in [7, 11) is 4.24. The summed E-state index contributed by atoms with van der Waals surface area (Å²) in [5, 5.41) is 0.579. The third-order valence-corrected chi connectivity index (χ3v) is 6.44. The lowest BCUT2D eigenvalue weighted by molar-refractivity contribution is 0.315. The summed E-state index contributed by atoms with van der Waals surface area (Å²) < 4.78 is 5.89. The lowest BCUT2D eigenvalue weighted by atomic mass is 10.0. The molecule has 1 saturated heterocycles. The molecule has 0 amide bonds. The predicted molar refractivity (Wildman–Crippen MR) is 130 cm³/mol. The molecule has 32 heavy (non-hydrogen) atoms. The molecule has 2 aromatic heterocycles. The summed E-state index contributed by atoms with van der Waals surface area (Å²) in [5.41, 5.74) is 5.21. The monoisotopic (exact) mass is 425 g/mol. The van der Waals surface area contributed by atoms with E-state index in [0.29, 0.717) is 22.6 Å². The Morgan fingerprint density at radius 3 is 2.44 bits per heavy atom. The van der Waals surface area contributed by atoms with Gasteiger partial charge in [-0.15, -0.1) is 0 Å². The predicted octanol–water partition coefficient (Wildman–Crippen LogP) is 4.97. The maximum Gasteiger partial charge on any atom is 0.200 e. The average molecular weight is 426 g/mol. The van der Waals surface area contributed by atoms with Crippen LogP contribution in [0.1, 0.15) is 12.0 Å². The number of hydrogen-bond donors (Lipinski definition) is 0. The third kappa shape index (κ3) is 3.80. The number of anilines is 1. The zero-order valence-electron chi connectivity index (χ0n) is 18.7. The molecule has 5 heteroatoms. The van der Waals surface area contributed by atoms with Gasteiger partial charge in [0.05, 0.1) is 10.9 Å². The Bertz CT molecular complexity index is 1310. The first kappa shape index (κ1) is 20.5. The maximum atomic E-state index is 13.2. The van der Waals surface area contributed by atoms with Crippen molar-refractivity contribution < 1.29 is 4.42 Å². The number of pyridine rings is 1. The molecule has 1 fully saturated rings. The molecule has 2 aromatic carbocycles. The van der Waals surface area contributed by atoms with Crippen LogP contribution in [-0.4, -0.2) is 43.1 Å². The molecule has 5 rings (SSSR count). The second kappa shape index (κ2) is 8.24. The summed E-state index contributed by atoms with van der Waals surface area (Å²) >= 11 is 0. The van der Waals surface area contributed by atoms with Gasteiger partial charge in [-0.05, 0) is 62.8 Å². The fourth-order valence-electron chi connectivity index (χ4n) is 4.36. The number of likely N-dealkylation sites (N-methyl/N-ethyl adjacent to an activating group) is 1. The molecule has 4 aromatic rings. The van der Waals surface area contributed by atoms with Crippen LogP contribution in [0.5, 0.6) is 0 Å². The summed E-state index contributed by atoms with van der Waals surface area (Å²) in [5.74, 6) is 0.950. The molecule has 3 heterocycles. The van der Waals surface area contributed by atoms with Gasteiger partial charge in [-0.3, -0.25) is 4.79 Å². The Morgan fingerprint density at radius 2 is 1.75 bits per heavy atom. The van der Waals surface area contributed by atoms with Gasteiger partial charge in [-0.25, -0.2) is 4.98 Å². The van der Waals surface area contributed by atoms with Crippen molar-refractivity contribution >= 4 is 16.8 Å². The summed E-state index contributed by atoms with van der Waals surface area (Å²) in [4.78, 5) is 22.4. The number of nitrogens with zero attached hydrogens (tertiary/aromatic N) is 3. The Balaban J connectivity index is 1.43. The topological polar surface area (TPSA) is 49.6 Å². The largest absolute Gasteiger partial charge is 0.463 e. The molecule has 0 spiro atoms. The quantitative estimate of drug-likeness (QED) is 0.462. The molecule has 0 saturated carbocycles. The van der Waals surface area contributed by atoms with Crippen LogP contribution in [0, 0.1) is 6.92 Å². The molecular formula is C27H27N3O2. The minimum atomic E-state index is -0.0369. The molecule has 1 aliphatic rings. The zero-order chi connectivity index (χ0) is 22.2. The van der Waals surface area contributed by atoms with E-state index in [1.54, 1.807) is 12.5 Å². The molecule has 0 aliphatic carbocycles. The van der Waals surface area contributed by atoms with Crippen LogP contribution in [0.4, 0.5) is 5.82 Å². The molecule has 0 radical (unpaired) electrons. The Hall–Kier alpha value is -3.44. The number of hydrogen-bond acceptors (Lipinski definition) is 5. The number of aryl methyl sites for hydroxylation is 1. The maximum absolute atomic E-state index is 13.2. The van der Waals surface area contributed by atoms with Crippen LogP contribution < -0.4 is 10.3 Å². The smallest absolute Gasteiger partial charge is 0.200 e. The highest BCUT2D eigenvalue weighted by Crippen LogP contribution is 2.27. The van der Waals surface area contributed by atoms with E-state index in [1.165, 1.54) is 5.56 Å². The summed E-state index contributed by atoms with van der Waals surface area (Å²) in [6.45, 7) is 4.04. The van der Waals surface area contributed by atoms with Gasteiger partial charge >= 0.3 is 0 Å². The van der Waals surface area contributed by atoms with Gasteiger partial charge in [0.25, 0.3) is 0 Å². The molecule has 162 valence electrons. The van der Waals surface area contributed by atoms with E-state index in [0.717, 1.165) is 42.0 Å². The van der Waals surface area contributed by atoms with E-state index in [1.807, 2.05) is 30.3 Å². The highest BCUT2D eigenvalue weighted by molar-refractivity contribution is 5.85. The normalized spacial score (nSPS) is 16.2. The molecule has 1 aliphatic heterocycles. The second-order valence-corrected chi connectivity index (χ2v) is 8.81. The van der Waals surface area contributed by atoms with Crippen LogP contribution >= 0.6 is 0 Å². The first-order valence-corrected chi connectivity index (χ1v) is 11.0. The van der Waals surface area contributed by atoms with Gasteiger partial charge in [0.1, 0.15) is 17.7 Å². The van der Waals surface area contributed by atoms with Crippen molar-refractivity contribution in [2.24, 2.45) is 0 Å². The van der Waals surface area contributed by atoms with Crippen molar-refractivity contribution in [1.29, 1.82) is 0 Å². The lowest BCUT2D eigenvalue weighted by Crippen LogP contribution is -2.31. The van der Waals surface area contributed by atoms with Crippen molar-refractivity contribution in [1.82, 2.24) is 9.88 Å². The van der Waals surface area contributed by atoms with Crippen LogP contribution in [0.3, 0.4) is 0 Å². The van der Waals surface area contributed by atoms with E-state index in [-0.39, 0.29) is 5.43 Å². The van der Waals surface area contributed by atoms with Crippen LogP contribution in [0.15, 0.2) is 76.3 Å². The van der Waals surface area contributed by atoms with Gasteiger partial charge < -0.3 is 14.2 Å². The van der Waals surface area contributed by atoms with Gasteiger partial charge in [0, 0.05) is 30.9 Å². The molecule has 5 nitrogen and oxygen atoms in total. The van der Waals surface area contributed by atoms with Crippen LogP contribution in [0.2, 0.25) is 0 Å². The highest BCUT2D eigenvalue weighted by Gasteiger charge is 2.24. The van der Waals surface area contributed by atoms with Crippen LogP contribution in [0.25, 0.3) is 33.2 Å². The minimum Gasteiger partial charge on any atom is -0.463 e.